The molecule has 1 fully saturated rings. The van der Waals surface area contributed by atoms with Crippen LogP contribution >= 0.6 is 15.9 Å². The van der Waals surface area contributed by atoms with Gasteiger partial charge < -0.3 is 15.0 Å². The zero-order valence-corrected chi connectivity index (χ0v) is 13.0. The van der Waals surface area contributed by atoms with Crippen LogP contribution in [0.25, 0.3) is 0 Å². The highest BCUT2D eigenvalue weighted by Gasteiger charge is 2.24. The molecule has 8 heteroatoms. The number of likely N-dealkylation sites (N-methyl/N-ethyl adjacent to an activating group) is 1. The van der Waals surface area contributed by atoms with Crippen LogP contribution in [0.1, 0.15) is 6.42 Å². The van der Waals surface area contributed by atoms with Gasteiger partial charge in [-0.25, -0.2) is 4.68 Å². The highest BCUT2D eigenvalue weighted by Crippen LogP contribution is 2.25. The van der Waals surface area contributed by atoms with Crippen molar-refractivity contribution in [2.24, 2.45) is 0 Å². The summed E-state index contributed by atoms with van der Waals surface area (Å²) < 4.78 is 6.05. The molecule has 1 aromatic rings. The van der Waals surface area contributed by atoms with Gasteiger partial charge in [-0.05, 0) is 29.4 Å². The monoisotopic (exact) mass is 344 g/mol. The van der Waals surface area contributed by atoms with Gasteiger partial charge in [0.25, 0.3) is 5.56 Å². The molecule has 0 spiro atoms. The fourth-order valence-corrected chi connectivity index (χ4v) is 2.75. The second-order valence-electron chi connectivity index (χ2n) is 4.60. The molecular formula is C12H17BrN4O3. The number of methoxy groups -OCH3 is 1. The van der Waals surface area contributed by atoms with E-state index in [1.165, 1.54) is 7.11 Å². The van der Waals surface area contributed by atoms with Crippen LogP contribution in [0.3, 0.4) is 0 Å². The summed E-state index contributed by atoms with van der Waals surface area (Å²) in [5, 5.41) is 7.25. The van der Waals surface area contributed by atoms with Crippen LogP contribution in [0.5, 0.6) is 0 Å². The molecule has 2 heterocycles. The van der Waals surface area contributed by atoms with Gasteiger partial charge >= 0.3 is 5.97 Å². The summed E-state index contributed by atoms with van der Waals surface area (Å²) in [4.78, 5) is 25.5. The van der Waals surface area contributed by atoms with Gasteiger partial charge in [0.2, 0.25) is 0 Å². The number of rotatable bonds is 4. The van der Waals surface area contributed by atoms with Crippen molar-refractivity contribution in [3.05, 3.63) is 21.0 Å². The fraction of sp³-hybridized carbons (Fsp3) is 0.583. The summed E-state index contributed by atoms with van der Waals surface area (Å²) in [5.74, 6) is -0.504. The summed E-state index contributed by atoms with van der Waals surface area (Å²) in [6.07, 6.45) is 2.63. The molecule has 1 saturated heterocycles. The molecule has 20 heavy (non-hydrogen) atoms. The highest BCUT2D eigenvalue weighted by molar-refractivity contribution is 9.10. The van der Waals surface area contributed by atoms with E-state index in [4.69, 9.17) is 0 Å². The lowest BCUT2D eigenvalue weighted by molar-refractivity contribution is -0.141. The van der Waals surface area contributed by atoms with Gasteiger partial charge in [-0.1, -0.05) is 0 Å². The Morgan fingerprint density at radius 3 is 3.00 bits per heavy atom. The number of hydrogen-bond acceptors (Lipinski definition) is 6. The number of anilines is 1. The summed E-state index contributed by atoms with van der Waals surface area (Å²) in [5.41, 5.74) is 0.426. The lowest BCUT2D eigenvalue weighted by atomic mass is 10.3. The van der Waals surface area contributed by atoms with Crippen molar-refractivity contribution in [1.82, 2.24) is 15.1 Å². The average Bonchev–Trinajstić information content (AvgIpc) is 2.92. The van der Waals surface area contributed by atoms with Gasteiger partial charge in [-0.15, -0.1) is 0 Å². The van der Waals surface area contributed by atoms with Crippen molar-refractivity contribution in [2.45, 2.75) is 19.0 Å². The van der Waals surface area contributed by atoms with Crippen LogP contribution in [-0.4, -0.2) is 49.0 Å². The first-order valence-corrected chi connectivity index (χ1v) is 7.10. The predicted octanol–water partition coefficient (Wildman–Crippen LogP) is -0.0231. The fourth-order valence-electron chi connectivity index (χ4n) is 2.19. The number of aromatic nitrogens is 2. The van der Waals surface area contributed by atoms with E-state index >= 15 is 0 Å². The number of esters is 1. The Morgan fingerprint density at radius 1 is 1.65 bits per heavy atom. The molecule has 0 bridgehead atoms. The normalized spacial score (nSPS) is 18.4. The molecule has 1 aromatic heterocycles. The summed E-state index contributed by atoms with van der Waals surface area (Å²) in [7, 11) is 3.20. The Kier molecular flexibility index (Phi) is 4.77. The number of nitrogens with zero attached hydrogens (tertiary/aromatic N) is 3. The third-order valence-corrected chi connectivity index (χ3v) is 4.16. The second kappa shape index (κ2) is 6.36. The maximum Gasteiger partial charge on any atom is 0.327 e. The molecule has 0 amide bonds. The summed E-state index contributed by atoms with van der Waals surface area (Å²) in [6.45, 7) is 1.51. The van der Waals surface area contributed by atoms with Crippen LogP contribution in [0.2, 0.25) is 0 Å². The van der Waals surface area contributed by atoms with Crippen LogP contribution in [0, 0.1) is 0 Å². The SMILES string of the molecule is CNC1CCN(c2cnn(CC(=O)OC)c(=O)c2Br)C1. The first kappa shape index (κ1) is 15.0. The Balaban J connectivity index is 2.23. The van der Waals surface area contributed by atoms with Crippen molar-refractivity contribution in [3.63, 3.8) is 0 Å². The number of nitrogens with one attached hydrogen (secondary N) is 1. The van der Waals surface area contributed by atoms with E-state index in [0.717, 1.165) is 29.9 Å². The van der Waals surface area contributed by atoms with E-state index in [0.29, 0.717) is 10.5 Å². The lowest BCUT2D eigenvalue weighted by Crippen LogP contribution is -2.33. The molecule has 0 radical (unpaired) electrons. The number of halogens is 1. The first-order valence-electron chi connectivity index (χ1n) is 6.31. The van der Waals surface area contributed by atoms with Crippen LogP contribution in [0.4, 0.5) is 5.69 Å². The average molecular weight is 345 g/mol. The third-order valence-electron chi connectivity index (χ3n) is 3.41. The molecule has 0 aliphatic carbocycles. The third kappa shape index (κ3) is 3.01. The summed E-state index contributed by atoms with van der Waals surface area (Å²) in [6, 6.07) is 0.416. The minimum Gasteiger partial charge on any atom is -0.468 e. The predicted molar refractivity (Wildman–Crippen MR) is 77.9 cm³/mol. The van der Waals surface area contributed by atoms with Crippen molar-refractivity contribution in [1.29, 1.82) is 0 Å². The number of hydrogen-bond donors (Lipinski definition) is 1. The first-order chi connectivity index (χ1) is 9.56. The molecule has 1 unspecified atom stereocenters. The Hall–Kier alpha value is -1.41. The Labute approximate surface area is 125 Å². The zero-order valence-electron chi connectivity index (χ0n) is 11.4. The number of carbonyl (C=O) groups excluding carboxylic acids is 1. The van der Waals surface area contributed by atoms with Gasteiger partial charge in [0.1, 0.15) is 11.0 Å². The van der Waals surface area contributed by atoms with E-state index in [1.54, 1.807) is 6.20 Å². The Bertz CT molecular complexity index is 560. The largest absolute Gasteiger partial charge is 0.468 e. The molecule has 2 rings (SSSR count). The van der Waals surface area contributed by atoms with E-state index in [-0.39, 0.29) is 12.1 Å². The van der Waals surface area contributed by atoms with Crippen LogP contribution < -0.4 is 15.8 Å². The van der Waals surface area contributed by atoms with Crippen molar-refractivity contribution in [3.8, 4) is 0 Å². The van der Waals surface area contributed by atoms with Crippen molar-refractivity contribution in [2.75, 3.05) is 32.1 Å². The van der Waals surface area contributed by atoms with Crippen LogP contribution in [-0.2, 0) is 16.1 Å². The molecule has 1 atom stereocenters. The standard InChI is InChI=1S/C12H17BrN4O3/c1-14-8-3-4-16(6-8)9-5-15-17(7-10(18)20-2)12(19)11(9)13/h5,8,14H,3-4,6-7H2,1-2H3. The van der Waals surface area contributed by atoms with E-state index in [2.05, 4.69) is 36.0 Å². The number of ether oxygens (including phenoxy) is 1. The smallest absolute Gasteiger partial charge is 0.327 e. The quantitative estimate of drug-likeness (QED) is 0.773. The molecule has 1 aliphatic heterocycles. The number of carbonyl (C=O) groups is 1. The topological polar surface area (TPSA) is 76.5 Å². The molecule has 7 nitrogen and oxygen atoms in total. The van der Waals surface area contributed by atoms with Gasteiger partial charge in [0.15, 0.2) is 0 Å². The van der Waals surface area contributed by atoms with Crippen molar-refractivity contribution < 1.29 is 9.53 Å². The highest BCUT2D eigenvalue weighted by atomic mass is 79.9. The van der Waals surface area contributed by atoms with E-state index in [1.807, 2.05) is 7.05 Å². The van der Waals surface area contributed by atoms with E-state index in [9.17, 15) is 9.59 Å². The Morgan fingerprint density at radius 2 is 2.40 bits per heavy atom. The zero-order chi connectivity index (χ0) is 14.7. The molecular weight excluding hydrogens is 328 g/mol. The van der Waals surface area contributed by atoms with Gasteiger partial charge in [-0.2, -0.15) is 5.10 Å². The second-order valence-corrected chi connectivity index (χ2v) is 5.40. The molecule has 0 aromatic carbocycles. The lowest BCUT2D eigenvalue weighted by Gasteiger charge is -2.19. The van der Waals surface area contributed by atoms with Gasteiger partial charge in [-0.3, -0.25) is 9.59 Å². The van der Waals surface area contributed by atoms with Gasteiger partial charge in [0.05, 0.1) is 19.0 Å². The maximum absolute atomic E-state index is 12.2. The minimum absolute atomic E-state index is 0.187. The minimum atomic E-state index is -0.504. The maximum atomic E-state index is 12.2. The molecule has 110 valence electrons. The van der Waals surface area contributed by atoms with E-state index < -0.39 is 5.97 Å². The van der Waals surface area contributed by atoms with Gasteiger partial charge in [0, 0.05) is 19.1 Å². The van der Waals surface area contributed by atoms with Crippen molar-refractivity contribution >= 4 is 27.6 Å². The van der Waals surface area contributed by atoms with Crippen LogP contribution in [0.15, 0.2) is 15.5 Å². The molecule has 1 aliphatic rings. The molecule has 0 saturated carbocycles. The molecule has 1 N–H and O–H groups in total. The summed E-state index contributed by atoms with van der Waals surface area (Å²) >= 11 is 3.31.